The lowest BCUT2D eigenvalue weighted by Gasteiger charge is -2.37. The molecule has 2 fully saturated rings. The highest BCUT2D eigenvalue weighted by molar-refractivity contribution is 5.92. The zero-order valence-corrected chi connectivity index (χ0v) is 16.8. The molecule has 2 amide bonds. The van der Waals surface area contributed by atoms with Crippen molar-refractivity contribution in [2.75, 3.05) is 46.3 Å². The summed E-state index contributed by atoms with van der Waals surface area (Å²) in [4.78, 5) is 30.7. The van der Waals surface area contributed by atoms with Gasteiger partial charge in [-0.1, -0.05) is 13.8 Å². The largest absolute Gasteiger partial charge is 0.441 e. The normalized spacial score (nSPS) is 19.4. The Morgan fingerprint density at radius 2 is 2.07 bits per heavy atom. The van der Waals surface area contributed by atoms with Gasteiger partial charge in [-0.05, 0) is 19.0 Å². The van der Waals surface area contributed by atoms with Crippen LogP contribution in [0.5, 0.6) is 0 Å². The number of rotatable bonds is 6. The molecule has 0 N–H and O–H groups in total. The van der Waals surface area contributed by atoms with E-state index in [-0.39, 0.29) is 12.0 Å². The maximum absolute atomic E-state index is 12.5. The van der Waals surface area contributed by atoms with Crippen molar-refractivity contribution in [3.63, 3.8) is 0 Å². The monoisotopic (exact) mass is 377 g/mol. The van der Waals surface area contributed by atoms with Gasteiger partial charge in [-0.15, -0.1) is 0 Å². The van der Waals surface area contributed by atoms with Crippen molar-refractivity contribution in [1.29, 1.82) is 0 Å². The number of likely N-dealkylation sites (tertiary alicyclic amines) is 1. The summed E-state index contributed by atoms with van der Waals surface area (Å²) in [6.45, 7) is 8.71. The fourth-order valence-electron chi connectivity index (χ4n) is 3.94. The van der Waals surface area contributed by atoms with Crippen molar-refractivity contribution in [3.05, 3.63) is 18.0 Å². The topological polar surface area (TPSA) is 70.9 Å². The average molecular weight is 377 g/mol. The summed E-state index contributed by atoms with van der Waals surface area (Å²) < 4.78 is 7.40. The Morgan fingerprint density at radius 1 is 1.37 bits per heavy atom. The van der Waals surface area contributed by atoms with E-state index < -0.39 is 5.60 Å². The van der Waals surface area contributed by atoms with Crippen LogP contribution in [0.3, 0.4) is 0 Å². The second-order valence-electron chi connectivity index (χ2n) is 8.30. The minimum absolute atomic E-state index is 0.0538. The number of hydrogen-bond donors (Lipinski definition) is 0. The predicted octanol–water partition coefficient (Wildman–Crippen LogP) is 1.43. The summed E-state index contributed by atoms with van der Waals surface area (Å²) in [6.07, 6.45) is 2.90. The van der Waals surface area contributed by atoms with Gasteiger partial charge in [0.25, 0.3) is 5.91 Å². The van der Waals surface area contributed by atoms with Gasteiger partial charge >= 0.3 is 6.09 Å². The molecule has 3 rings (SSSR count). The molecule has 1 aromatic heterocycles. The average Bonchev–Trinajstić information content (AvgIpc) is 3.16. The van der Waals surface area contributed by atoms with Gasteiger partial charge in [0, 0.05) is 58.8 Å². The molecule has 2 aliphatic heterocycles. The number of likely N-dealkylation sites (N-methyl/N-ethyl adjacent to an activating group) is 1. The molecule has 0 bridgehead atoms. The number of ether oxygens (including phenoxy) is 1. The van der Waals surface area contributed by atoms with Crippen LogP contribution in [0, 0.1) is 5.92 Å². The van der Waals surface area contributed by atoms with Crippen LogP contribution in [-0.2, 0) is 11.8 Å². The predicted molar refractivity (Wildman–Crippen MR) is 101 cm³/mol. The quantitative estimate of drug-likeness (QED) is 0.750. The summed E-state index contributed by atoms with van der Waals surface area (Å²) in [5.74, 6) is 0.551. The second-order valence-corrected chi connectivity index (χ2v) is 8.30. The Balaban J connectivity index is 1.51. The standard InChI is InChI=1S/C19H31N5O3/c1-15(2)13-21(3)11-12-24-14-19(27-18(24)26)6-9-23(10-7-19)17(25)16-5-8-22(4)20-16/h5,8,15H,6-7,9-14H2,1-4H3. The summed E-state index contributed by atoms with van der Waals surface area (Å²) >= 11 is 0. The first-order valence-corrected chi connectivity index (χ1v) is 9.73. The Labute approximate surface area is 161 Å². The third-order valence-electron chi connectivity index (χ3n) is 5.36. The molecule has 27 heavy (non-hydrogen) atoms. The molecule has 1 aromatic rings. The van der Waals surface area contributed by atoms with Crippen LogP contribution in [0.25, 0.3) is 0 Å². The van der Waals surface area contributed by atoms with E-state index in [2.05, 4.69) is 30.9 Å². The lowest BCUT2D eigenvalue weighted by Crippen LogP contribution is -2.49. The summed E-state index contributed by atoms with van der Waals surface area (Å²) in [5.41, 5.74) is 0.0147. The molecule has 2 aliphatic rings. The van der Waals surface area contributed by atoms with E-state index in [0.717, 1.165) is 13.1 Å². The van der Waals surface area contributed by atoms with Crippen molar-refractivity contribution < 1.29 is 14.3 Å². The molecule has 0 saturated carbocycles. The lowest BCUT2D eigenvalue weighted by atomic mass is 9.91. The molecular weight excluding hydrogens is 346 g/mol. The third-order valence-corrected chi connectivity index (χ3v) is 5.36. The number of amides is 2. The smallest absolute Gasteiger partial charge is 0.410 e. The van der Waals surface area contributed by atoms with Crippen molar-refractivity contribution in [2.45, 2.75) is 32.3 Å². The molecule has 8 heteroatoms. The minimum Gasteiger partial charge on any atom is -0.441 e. The van der Waals surface area contributed by atoms with E-state index in [4.69, 9.17) is 4.74 Å². The Kier molecular flexibility index (Phi) is 5.74. The van der Waals surface area contributed by atoms with Gasteiger partial charge in [-0.2, -0.15) is 5.10 Å². The van der Waals surface area contributed by atoms with Crippen molar-refractivity contribution in [1.82, 2.24) is 24.5 Å². The first kappa shape index (κ1) is 19.7. The van der Waals surface area contributed by atoms with E-state index in [9.17, 15) is 9.59 Å². The van der Waals surface area contributed by atoms with Crippen LogP contribution in [-0.4, -0.2) is 88.4 Å². The molecule has 0 radical (unpaired) electrons. The van der Waals surface area contributed by atoms with Crippen molar-refractivity contribution >= 4 is 12.0 Å². The SMILES string of the molecule is CC(C)CN(C)CCN1CC2(CCN(C(=O)c3ccn(C)n3)CC2)OC1=O. The van der Waals surface area contributed by atoms with Crippen LogP contribution in [0.1, 0.15) is 37.2 Å². The molecule has 150 valence electrons. The number of aryl methyl sites for hydroxylation is 1. The van der Waals surface area contributed by atoms with E-state index in [0.29, 0.717) is 50.6 Å². The highest BCUT2D eigenvalue weighted by Gasteiger charge is 2.47. The van der Waals surface area contributed by atoms with E-state index >= 15 is 0 Å². The fourth-order valence-corrected chi connectivity index (χ4v) is 3.94. The third kappa shape index (κ3) is 4.61. The van der Waals surface area contributed by atoms with Gasteiger partial charge in [0.2, 0.25) is 0 Å². The van der Waals surface area contributed by atoms with Gasteiger partial charge in [0.1, 0.15) is 11.3 Å². The minimum atomic E-state index is -0.450. The zero-order valence-electron chi connectivity index (χ0n) is 16.8. The molecule has 8 nitrogen and oxygen atoms in total. The van der Waals surface area contributed by atoms with Gasteiger partial charge in [-0.25, -0.2) is 4.79 Å². The fraction of sp³-hybridized carbons (Fsp3) is 0.737. The number of nitrogens with zero attached hydrogens (tertiary/aromatic N) is 5. The van der Waals surface area contributed by atoms with Crippen LogP contribution < -0.4 is 0 Å². The highest BCUT2D eigenvalue weighted by atomic mass is 16.6. The molecule has 0 atom stereocenters. The Bertz CT molecular complexity index is 679. The molecule has 2 saturated heterocycles. The summed E-state index contributed by atoms with van der Waals surface area (Å²) in [5, 5.41) is 4.19. The molecule has 3 heterocycles. The maximum atomic E-state index is 12.5. The van der Waals surface area contributed by atoms with Crippen LogP contribution in [0.4, 0.5) is 4.79 Å². The number of carbonyl (C=O) groups excluding carboxylic acids is 2. The highest BCUT2D eigenvalue weighted by Crippen LogP contribution is 2.33. The second kappa shape index (κ2) is 7.88. The van der Waals surface area contributed by atoms with E-state index in [1.54, 1.807) is 28.9 Å². The van der Waals surface area contributed by atoms with E-state index in [1.165, 1.54) is 0 Å². The van der Waals surface area contributed by atoms with Crippen molar-refractivity contribution in [3.8, 4) is 0 Å². The number of aromatic nitrogens is 2. The maximum Gasteiger partial charge on any atom is 0.410 e. The first-order valence-electron chi connectivity index (χ1n) is 9.73. The summed E-state index contributed by atoms with van der Waals surface area (Å²) in [7, 11) is 3.88. The molecule has 0 unspecified atom stereocenters. The lowest BCUT2D eigenvalue weighted by molar-refractivity contribution is 0.00293. The van der Waals surface area contributed by atoms with Crippen LogP contribution in [0.2, 0.25) is 0 Å². The molecule has 1 spiro atoms. The number of piperidine rings is 1. The van der Waals surface area contributed by atoms with Gasteiger partial charge in [0.15, 0.2) is 0 Å². The molecule has 0 aliphatic carbocycles. The van der Waals surface area contributed by atoms with E-state index in [1.807, 2.05) is 4.90 Å². The molecular formula is C19H31N5O3. The number of hydrogen-bond acceptors (Lipinski definition) is 5. The van der Waals surface area contributed by atoms with Gasteiger partial charge in [-0.3, -0.25) is 9.48 Å². The molecule has 0 aromatic carbocycles. The summed E-state index contributed by atoms with van der Waals surface area (Å²) in [6, 6.07) is 1.73. The zero-order chi connectivity index (χ0) is 19.6. The van der Waals surface area contributed by atoms with Crippen molar-refractivity contribution in [2.24, 2.45) is 13.0 Å². The Hall–Kier alpha value is -2.09. The van der Waals surface area contributed by atoms with Gasteiger partial charge in [0.05, 0.1) is 6.54 Å². The van der Waals surface area contributed by atoms with Gasteiger partial charge < -0.3 is 19.4 Å². The first-order chi connectivity index (χ1) is 12.8. The number of carbonyl (C=O) groups is 2. The van der Waals surface area contributed by atoms with Crippen LogP contribution in [0.15, 0.2) is 12.3 Å². The Morgan fingerprint density at radius 3 is 2.67 bits per heavy atom. The van der Waals surface area contributed by atoms with Crippen LogP contribution >= 0.6 is 0 Å².